The topological polar surface area (TPSA) is 87.2 Å². The van der Waals surface area contributed by atoms with Crippen molar-refractivity contribution < 1.29 is 23.9 Å². The summed E-state index contributed by atoms with van der Waals surface area (Å²) in [5, 5.41) is -0.281. The first kappa shape index (κ1) is 27.7. The zero-order valence-electron chi connectivity index (χ0n) is 19.9. The van der Waals surface area contributed by atoms with E-state index in [1.807, 2.05) is 6.42 Å². The Kier molecular flexibility index (Phi) is 10.3. The molecule has 3 unspecified atom stereocenters. The van der Waals surface area contributed by atoms with Crippen LogP contribution in [0.4, 0.5) is 0 Å². The minimum Gasteiger partial charge on any atom is -0.379 e. The van der Waals surface area contributed by atoms with Crippen molar-refractivity contribution in [3.05, 3.63) is 18.6 Å². The van der Waals surface area contributed by atoms with Gasteiger partial charge in [-0.25, -0.2) is 0 Å². The molecule has 0 aromatic rings. The van der Waals surface area contributed by atoms with E-state index in [-0.39, 0.29) is 59.2 Å². The van der Waals surface area contributed by atoms with Gasteiger partial charge in [-0.15, -0.1) is 0 Å². The van der Waals surface area contributed by atoms with E-state index in [0.717, 1.165) is 0 Å². The van der Waals surface area contributed by atoms with E-state index in [1.165, 1.54) is 17.1 Å². The first-order valence-corrected chi connectivity index (χ1v) is 12.3. The fourth-order valence-corrected chi connectivity index (χ4v) is 4.58. The van der Waals surface area contributed by atoms with Gasteiger partial charge in [0.15, 0.2) is 0 Å². The molecule has 3 atom stereocenters. The van der Waals surface area contributed by atoms with Crippen molar-refractivity contribution in [3.63, 3.8) is 0 Å². The molecule has 185 valence electrons. The smallest absolute Gasteiger partial charge is 0.253 e. The Morgan fingerprint density at radius 1 is 0.939 bits per heavy atom. The number of carbonyl (C=O) groups is 4. The first-order valence-electron chi connectivity index (χ1n) is 11.2. The maximum absolute atomic E-state index is 12.6. The summed E-state index contributed by atoms with van der Waals surface area (Å²) in [4.78, 5) is 53.8. The molecular weight excluding hydrogens is 462 g/mol. The summed E-state index contributed by atoms with van der Waals surface area (Å²) >= 11 is 9.55. The average molecular weight is 499 g/mol. The van der Waals surface area contributed by atoms with Crippen LogP contribution in [0.15, 0.2) is 12.2 Å². The van der Waals surface area contributed by atoms with Gasteiger partial charge in [0.05, 0.1) is 25.7 Å². The standard InChI is InChI=1S/C23H36N3O5S2/c1-23(2)11-9-18(27)24(3)12-13-25(4)19(28)10-14-31-15-16(5-6-17(32)22(23)33)26-20(29)7-8-21(26)30/h5,7-8,16-17,22,32-33H,6,9-15H2,1-4H3. The van der Waals surface area contributed by atoms with Gasteiger partial charge in [-0.05, 0) is 24.7 Å². The number of rotatable bonds is 1. The molecule has 4 amide bonds. The number of imide groups is 1. The largest absolute Gasteiger partial charge is 0.379 e. The molecule has 0 aromatic carbocycles. The Hall–Kier alpha value is -1.52. The molecule has 8 nitrogen and oxygen atoms in total. The van der Waals surface area contributed by atoms with Crippen LogP contribution in [-0.2, 0) is 23.9 Å². The minimum atomic E-state index is -0.569. The number of hydrogen-bond donors (Lipinski definition) is 2. The number of nitrogens with zero attached hydrogens (tertiary/aromatic N) is 3. The Morgan fingerprint density at radius 2 is 1.48 bits per heavy atom. The molecule has 1 fully saturated rings. The van der Waals surface area contributed by atoms with Crippen LogP contribution in [0.5, 0.6) is 0 Å². The fraction of sp³-hybridized carbons (Fsp3) is 0.696. The molecule has 2 aliphatic rings. The molecular formula is C23H36N3O5S2. The Bertz CT molecular complexity index is 755. The summed E-state index contributed by atoms with van der Waals surface area (Å²) in [6, 6.07) is -0.569. The van der Waals surface area contributed by atoms with Gasteiger partial charge in [0.2, 0.25) is 11.8 Å². The number of amides is 4. The molecule has 0 N–H and O–H groups in total. The third-order valence-electron chi connectivity index (χ3n) is 6.34. The fourth-order valence-electron chi connectivity index (χ4n) is 3.80. The highest BCUT2D eigenvalue weighted by molar-refractivity contribution is 7.85. The van der Waals surface area contributed by atoms with E-state index in [9.17, 15) is 19.2 Å². The highest BCUT2D eigenvalue weighted by atomic mass is 32.1. The highest BCUT2D eigenvalue weighted by Crippen LogP contribution is 2.36. The van der Waals surface area contributed by atoms with Gasteiger partial charge in [-0.2, -0.15) is 25.3 Å². The number of ether oxygens (including phenoxy) is 1. The lowest BCUT2D eigenvalue weighted by Crippen LogP contribution is -2.44. The zero-order chi connectivity index (χ0) is 24.8. The summed E-state index contributed by atoms with van der Waals surface area (Å²) in [5.41, 5.74) is -0.273. The first-order chi connectivity index (χ1) is 15.4. The predicted octanol–water partition coefficient (Wildman–Crippen LogP) is 1.61. The number of likely N-dealkylation sites (N-methyl/N-ethyl adjacent to an activating group) is 2. The Morgan fingerprint density at radius 3 is 2.06 bits per heavy atom. The van der Waals surface area contributed by atoms with Crippen LogP contribution in [0.2, 0.25) is 0 Å². The van der Waals surface area contributed by atoms with E-state index in [0.29, 0.717) is 32.4 Å². The Balaban J connectivity index is 2.16. The van der Waals surface area contributed by atoms with Gasteiger partial charge < -0.3 is 14.5 Å². The molecule has 2 heterocycles. The lowest BCUT2D eigenvalue weighted by atomic mass is 9.81. The SMILES string of the molecule is CN1CCN(C)C(=O)CCC(C)(C)C(S)C(S)C[CH]C(N2C(=O)C=CC2=O)COCCC1=O. The van der Waals surface area contributed by atoms with Crippen molar-refractivity contribution in [2.45, 2.75) is 56.1 Å². The van der Waals surface area contributed by atoms with Crippen LogP contribution in [0.3, 0.4) is 0 Å². The van der Waals surface area contributed by atoms with E-state index in [2.05, 4.69) is 13.8 Å². The van der Waals surface area contributed by atoms with Crippen LogP contribution < -0.4 is 0 Å². The minimum absolute atomic E-state index is 0.0230. The molecule has 0 bridgehead atoms. The van der Waals surface area contributed by atoms with Crippen molar-refractivity contribution in [3.8, 4) is 0 Å². The summed E-state index contributed by atoms with van der Waals surface area (Å²) in [7, 11) is 3.45. The monoisotopic (exact) mass is 498 g/mol. The average Bonchev–Trinajstić information content (AvgIpc) is 3.11. The highest BCUT2D eigenvalue weighted by Gasteiger charge is 2.35. The third kappa shape index (κ3) is 7.75. The van der Waals surface area contributed by atoms with Crippen molar-refractivity contribution in [1.82, 2.24) is 14.7 Å². The van der Waals surface area contributed by atoms with Gasteiger partial charge in [0, 0.05) is 56.3 Å². The van der Waals surface area contributed by atoms with Crippen molar-refractivity contribution in [1.29, 1.82) is 0 Å². The predicted molar refractivity (Wildman–Crippen MR) is 133 cm³/mol. The second-order valence-electron chi connectivity index (χ2n) is 9.37. The van der Waals surface area contributed by atoms with Crippen LogP contribution in [0.25, 0.3) is 0 Å². The summed E-state index contributed by atoms with van der Waals surface area (Å²) in [6.45, 7) is 5.27. The zero-order valence-corrected chi connectivity index (χ0v) is 21.7. The molecule has 0 spiro atoms. The van der Waals surface area contributed by atoms with Crippen molar-refractivity contribution in [2.24, 2.45) is 5.41 Å². The van der Waals surface area contributed by atoms with E-state index >= 15 is 0 Å². The van der Waals surface area contributed by atoms with Crippen LogP contribution >= 0.6 is 25.3 Å². The molecule has 2 rings (SSSR count). The second kappa shape index (κ2) is 12.3. The number of thiol groups is 2. The summed E-state index contributed by atoms with van der Waals surface area (Å²) in [6.07, 6.45) is 6.02. The van der Waals surface area contributed by atoms with Gasteiger partial charge >= 0.3 is 0 Å². The maximum Gasteiger partial charge on any atom is 0.253 e. The molecule has 1 radical (unpaired) electrons. The molecule has 33 heavy (non-hydrogen) atoms. The van der Waals surface area contributed by atoms with Gasteiger partial charge in [-0.1, -0.05) is 13.8 Å². The van der Waals surface area contributed by atoms with Crippen LogP contribution in [0, 0.1) is 11.8 Å². The molecule has 1 saturated heterocycles. The van der Waals surface area contributed by atoms with Crippen LogP contribution in [0.1, 0.15) is 39.5 Å². The molecule has 2 aliphatic heterocycles. The van der Waals surface area contributed by atoms with Gasteiger partial charge in [0.25, 0.3) is 11.8 Å². The number of hydrogen-bond acceptors (Lipinski definition) is 7. The summed E-state index contributed by atoms with van der Waals surface area (Å²) in [5.74, 6) is -0.843. The normalized spacial score (nSPS) is 29.4. The van der Waals surface area contributed by atoms with E-state index < -0.39 is 6.04 Å². The lowest BCUT2D eigenvalue weighted by Gasteiger charge is -2.36. The number of carbonyl (C=O) groups excluding carboxylic acids is 4. The molecule has 10 heteroatoms. The Labute approximate surface area is 207 Å². The van der Waals surface area contributed by atoms with E-state index in [4.69, 9.17) is 30.0 Å². The van der Waals surface area contributed by atoms with E-state index in [1.54, 1.807) is 23.9 Å². The third-order valence-corrected chi connectivity index (χ3v) is 8.15. The van der Waals surface area contributed by atoms with Gasteiger partial charge in [-0.3, -0.25) is 24.1 Å². The van der Waals surface area contributed by atoms with Crippen molar-refractivity contribution in [2.75, 3.05) is 40.4 Å². The van der Waals surface area contributed by atoms with Crippen LogP contribution in [-0.4, -0.2) is 95.3 Å². The molecule has 0 saturated carbocycles. The summed E-state index contributed by atoms with van der Waals surface area (Å²) < 4.78 is 5.70. The molecule has 0 aromatic heterocycles. The second-order valence-corrected chi connectivity index (χ2v) is 10.6. The quantitative estimate of drug-likeness (QED) is 0.424. The van der Waals surface area contributed by atoms with Crippen molar-refractivity contribution >= 4 is 48.9 Å². The molecule has 0 aliphatic carbocycles. The lowest BCUT2D eigenvalue weighted by molar-refractivity contribution is -0.141. The maximum atomic E-state index is 12.6. The van der Waals surface area contributed by atoms with Gasteiger partial charge in [0.1, 0.15) is 0 Å².